The van der Waals surface area contributed by atoms with Gasteiger partial charge in [-0.15, -0.1) is 17.1 Å². The smallest absolute Gasteiger partial charge is 0.0898 e. The molecule has 0 aliphatic carbocycles. The first-order valence-electron chi connectivity index (χ1n) is 14.0. The predicted octanol–water partition coefficient (Wildman–Crippen LogP) is 10.1. The number of thiophene rings is 1. The van der Waals surface area contributed by atoms with E-state index in [1.54, 1.807) is 17.5 Å². The highest BCUT2D eigenvalue weighted by Gasteiger charge is 2.17. The fourth-order valence-electron chi connectivity index (χ4n) is 4.72. The fourth-order valence-corrected chi connectivity index (χ4v) is 5.57. The highest BCUT2D eigenvalue weighted by Crippen LogP contribution is 2.40. The van der Waals surface area contributed by atoms with Crippen LogP contribution in [-0.4, -0.2) is 6.21 Å². The van der Waals surface area contributed by atoms with Crippen molar-refractivity contribution in [1.29, 1.82) is 0 Å². The predicted molar refractivity (Wildman–Crippen MR) is 180 cm³/mol. The molecule has 0 bridgehead atoms. The van der Waals surface area contributed by atoms with Crippen LogP contribution in [0.25, 0.3) is 34.5 Å². The Hall–Kier alpha value is -3.89. The minimum absolute atomic E-state index is 0.879. The van der Waals surface area contributed by atoms with E-state index in [-0.39, 0.29) is 0 Å². The summed E-state index contributed by atoms with van der Waals surface area (Å²) in [5.41, 5.74) is 16.6. The van der Waals surface area contributed by atoms with Gasteiger partial charge in [0, 0.05) is 45.9 Å². The van der Waals surface area contributed by atoms with Crippen LogP contribution in [0.1, 0.15) is 80.0 Å². The van der Waals surface area contributed by atoms with Gasteiger partial charge in [0.15, 0.2) is 0 Å². The number of aryl methyl sites for hydroxylation is 1. The molecule has 0 spiro atoms. The van der Waals surface area contributed by atoms with Crippen LogP contribution in [0.3, 0.4) is 0 Å². The summed E-state index contributed by atoms with van der Waals surface area (Å²) >= 11 is 1.65. The number of anilines is 1. The molecule has 0 aliphatic rings. The third-order valence-corrected chi connectivity index (χ3v) is 7.75. The molecule has 4 N–H and O–H groups in total. The number of benzene rings is 2. The minimum Gasteiger partial charge on any atom is -0.354 e. The van der Waals surface area contributed by atoms with Gasteiger partial charge >= 0.3 is 0 Å². The molecule has 0 radical (unpaired) electrons. The van der Waals surface area contributed by atoms with Crippen molar-refractivity contribution in [1.82, 2.24) is 5.43 Å². The molecule has 4 nitrogen and oxygen atoms in total. The van der Waals surface area contributed by atoms with Crippen LogP contribution >= 0.6 is 11.3 Å². The summed E-state index contributed by atoms with van der Waals surface area (Å²) in [7, 11) is 0. The Balaban J connectivity index is 2.09. The van der Waals surface area contributed by atoms with Gasteiger partial charge in [-0.05, 0) is 67.5 Å². The summed E-state index contributed by atoms with van der Waals surface area (Å²) in [5, 5.41) is 5.92. The van der Waals surface area contributed by atoms with E-state index in [1.807, 2.05) is 25.3 Å². The van der Waals surface area contributed by atoms with Gasteiger partial charge in [-0.25, -0.2) is 0 Å². The van der Waals surface area contributed by atoms with Gasteiger partial charge in [0.05, 0.1) is 10.6 Å². The molecule has 1 heterocycles. The van der Waals surface area contributed by atoms with E-state index < -0.39 is 0 Å². The summed E-state index contributed by atoms with van der Waals surface area (Å²) in [4.78, 5) is 5.73. The van der Waals surface area contributed by atoms with Crippen molar-refractivity contribution < 1.29 is 0 Å². The third kappa shape index (κ3) is 7.40. The second-order valence-electron chi connectivity index (χ2n) is 9.51. The first-order valence-corrected chi connectivity index (χ1v) is 14.9. The van der Waals surface area contributed by atoms with Gasteiger partial charge in [0.1, 0.15) is 0 Å². The quantitative estimate of drug-likeness (QED) is 0.0615. The molecule has 5 heteroatoms. The van der Waals surface area contributed by atoms with Crippen LogP contribution in [0.2, 0.25) is 0 Å². The molecule has 0 aliphatic heterocycles. The van der Waals surface area contributed by atoms with Crippen LogP contribution in [0.15, 0.2) is 77.9 Å². The lowest BCUT2D eigenvalue weighted by molar-refractivity contribution is 0.735. The third-order valence-electron chi connectivity index (χ3n) is 6.78. The molecule has 2 aromatic carbocycles. The van der Waals surface area contributed by atoms with Crippen LogP contribution < -0.4 is 16.6 Å². The number of nitrogens with one attached hydrogen (secondary N) is 2. The zero-order chi connectivity index (χ0) is 28.9. The van der Waals surface area contributed by atoms with E-state index in [0.29, 0.717) is 0 Å². The summed E-state index contributed by atoms with van der Waals surface area (Å²) < 4.78 is 0. The van der Waals surface area contributed by atoms with Gasteiger partial charge in [0.2, 0.25) is 0 Å². The monoisotopic (exact) mass is 550 g/mol. The summed E-state index contributed by atoms with van der Waals surface area (Å²) in [6.45, 7) is 16.3. The van der Waals surface area contributed by atoms with Crippen molar-refractivity contribution in [2.45, 2.75) is 59.8 Å². The molecular formula is C35H42N4S. The SMILES string of the molecule is C=C=C(CCCCC)c1ccc(-c2ccc(C)c(N/C(=C/CC)c3csc(C=C)c3/N=C\C)c2/C=C\NN)cc1. The normalized spacial score (nSPS) is 11.7. The Labute approximate surface area is 244 Å². The second kappa shape index (κ2) is 15.6. The van der Waals surface area contributed by atoms with Crippen LogP contribution in [-0.2, 0) is 0 Å². The number of hydrogen-bond acceptors (Lipinski definition) is 5. The van der Waals surface area contributed by atoms with Gasteiger partial charge in [0.25, 0.3) is 0 Å². The Bertz CT molecular complexity index is 1430. The Morgan fingerprint density at radius 2 is 1.90 bits per heavy atom. The van der Waals surface area contributed by atoms with Crippen molar-refractivity contribution >= 4 is 52.3 Å². The molecule has 40 heavy (non-hydrogen) atoms. The van der Waals surface area contributed by atoms with Crippen molar-refractivity contribution in [3.8, 4) is 11.1 Å². The molecule has 208 valence electrons. The van der Waals surface area contributed by atoms with E-state index in [0.717, 1.165) is 69.0 Å². The van der Waals surface area contributed by atoms with Crippen LogP contribution in [0.4, 0.5) is 11.4 Å². The molecule has 0 fully saturated rings. The molecule has 0 amide bonds. The number of rotatable bonds is 14. The van der Waals surface area contributed by atoms with Gasteiger partial charge < -0.3 is 10.7 Å². The number of nitrogens with two attached hydrogens (primary N) is 1. The maximum absolute atomic E-state index is 5.67. The zero-order valence-electron chi connectivity index (χ0n) is 24.3. The summed E-state index contributed by atoms with van der Waals surface area (Å²) in [6.07, 6.45) is 15.1. The summed E-state index contributed by atoms with van der Waals surface area (Å²) in [5.74, 6) is 5.67. The largest absolute Gasteiger partial charge is 0.354 e. The number of nitrogens with zero attached hydrogens (tertiary/aromatic N) is 1. The lowest BCUT2D eigenvalue weighted by Gasteiger charge is -2.20. The molecule has 0 saturated heterocycles. The maximum atomic E-state index is 5.67. The van der Waals surface area contributed by atoms with Gasteiger partial charge in [-0.2, -0.15) is 0 Å². The van der Waals surface area contributed by atoms with Crippen molar-refractivity contribution in [3.05, 3.63) is 100 Å². The Morgan fingerprint density at radius 3 is 2.52 bits per heavy atom. The van der Waals surface area contributed by atoms with Crippen molar-refractivity contribution in [2.75, 3.05) is 5.32 Å². The van der Waals surface area contributed by atoms with Crippen LogP contribution in [0.5, 0.6) is 0 Å². The molecule has 0 atom stereocenters. The van der Waals surface area contributed by atoms with E-state index in [4.69, 9.17) is 5.84 Å². The lowest BCUT2D eigenvalue weighted by Crippen LogP contribution is -2.13. The van der Waals surface area contributed by atoms with E-state index in [9.17, 15) is 0 Å². The molecule has 3 rings (SSSR count). The van der Waals surface area contributed by atoms with E-state index >= 15 is 0 Å². The number of hydrogen-bond donors (Lipinski definition) is 3. The topological polar surface area (TPSA) is 62.4 Å². The summed E-state index contributed by atoms with van der Waals surface area (Å²) in [6, 6.07) is 13.1. The standard InChI is InChI=1S/C35H42N4S/c1-7-12-13-15-26(9-3)27-17-19-28(20-18-27)29-21-16-25(6)34(30(29)22-23-38-36)39-32(14-8-2)31-24-40-33(10-4)35(31)37-11-5/h10-11,14,16-24,38-39H,3-4,7-8,12-13,15,36H2,1-2,5-6H3/b23-22-,32-14+,37-11-. The first-order chi connectivity index (χ1) is 19.5. The molecule has 0 unspecified atom stereocenters. The highest BCUT2D eigenvalue weighted by atomic mass is 32.1. The molecule has 3 aromatic rings. The Kier molecular flexibility index (Phi) is 12.0. The van der Waals surface area contributed by atoms with E-state index in [2.05, 4.69) is 103 Å². The van der Waals surface area contributed by atoms with Crippen molar-refractivity contribution in [3.63, 3.8) is 0 Å². The average Bonchev–Trinajstić information content (AvgIpc) is 3.38. The van der Waals surface area contributed by atoms with E-state index in [1.165, 1.54) is 24.0 Å². The van der Waals surface area contributed by atoms with Gasteiger partial charge in [-0.1, -0.05) is 82.3 Å². The maximum Gasteiger partial charge on any atom is 0.0898 e. The number of unbranched alkanes of at least 4 members (excludes halogenated alkanes) is 2. The Morgan fingerprint density at radius 1 is 1.12 bits per heavy atom. The van der Waals surface area contributed by atoms with Crippen LogP contribution in [0, 0.1) is 6.92 Å². The first kappa shape index (κ1) is 30.6. The molecule has 1 aromatic heterocycles. The van der Waals surface area contributed by atoms with Crippen molar-refractivity contribution in [2.24, 2.45) is 10.8 Å². The number of hydrazine groups is 1. The second-order valence-corrected chi connectivity index (χ2v) is 10.4. The zero-order valence-corrected chi connectivity index (χ0v) is 25.1. The average molecular weight is 551 g/mol. The fraction of sp³-hybridized carbons (Fsp3) is 0.257. The number of aliphatic imine (C=N–C) groups is 1. The number of allylic oxidation sites excluding steroid dienone is 2. The van der Waals surface area contributed by atoms with Gasteiger partial charge in [-0.3, -0.25) is 10.8 Å². The minimum atomic E-state index is 0.879. The molecular weight excluding hydrogens is 508 g/mol. The molecule has 0 saturated carbocycles. The lowest BCUT2D eigenvalue weighted by atomic mass is 9.93. The highest BCUT2D eigenvalue weighted by molar-refractivity contribution is 7.11.